The summed E-state index contributed by atoms with van der Waals surface area (Å²) in [6, 6.07) is 17.0. The highest BCUT2D eigenvalue weighted by atomic mass is 79.9. The summed E-state index contributed by atoms with van der Waals surface area (Å²) in [5.74, 6) is 0.400. The first-order chi connectivity index (χ1) is 13.2. The summed E-state index contributed by atoms with van der Waals surface area (Å²) in [5, 5.41) is 10.8. The number of hydrazone groups is 1. The van der Waals surface area contributed by atoms with Gasteiger partial charge in [-0.3, -0.25) is 9.89 Å². The number of amides is 1. The molecular formula is C20H17BrN4O2. The summed E-state index contributed by atoms with van der Waals surface area (Å²) in [6.07, 6.45) is 5.06. The number of allylic oxidation sites excluding steroid dienone is 1. The molecule has 0 saturated carbocycles. The lowest BCUT2D eigenvalue weighted by Gasteiger charge is -2.02. The second-order valence-electron chi connectivity index (χ2n) is 5.49. The lowest BCUT2D eigenvalue weighted by Crippen LogP contribution is -2.17. The molecule has 0 atom stereocenters. The van der Waals surface area contributed by atoms with Crippen LogP contribution in [-0.2, 0) is 0 Å². The lowest BCUT2D eigenvalue weighted by atomic mass is 10.1. The first kappa shape index (κ1) is 18.6. The normalized spacial score (nSPS) is 11.2. The van der Waals surface area contributed by atoms with E-state index in [0.29, 0.717) is 11.4 Å². The number of rotatable bonds is 6. The number of carbonyl (C=O) groups is 1. The third-order valence-electron chi connectivity index (χ3n) is 3.70. The fourth-order valence-electron chi connectivity index (χ4n) is 2.36. The Bertz CT molecular complexity index is 978. The van der Waals surface area contributed by atoms with Crippen LogP contribution >= 0.6 is 15.9 Å². The van der Waals surface area contributed by atoms with Crippen molar-refractivity contribution in [3.05, 3.63) is 76.4 Å². The van der Waals surface area contributed by atoms with E-state index in [1.807, 2.05) is 54.6 Å². The van der Waals surface area contributed by atoms with Crippen LogP contribution in [0.3, 0.4) is 0 Å². The molecule has 0 bridgehead atoms. The van der Waals surface area contributed by atoms with Gasteiger partial charge in [0, 0.05) is 21.8 Å². The number of aromatic nitrogens is 2. The number of nitrogens with zero attached hydrogens (tertiary/aromatic N) is 2. The summed E-state index contributed by atoms with van der Waals surface area (Å²) in [4.78, 5) is 12.1. The Kier molecular flexibility index (Phi) is 6.17. The molecule has 0 aliphatic heterocycles. The van der Waals surface area contributed by atoms with Crippen molar-refractivity contribution in [2.45, 2.75) is 0 Å². The minimum Gasteiger partial charge on any atom is -0.496 e. The number of nitrogens with one attached hydrogen (secondary N) is 2. The van der Waals surface area contributed by atoms with Gasteiger partial charge in [0.15, 0.2) is 0 Å². The van der Waals surface area contributed by atoms with Gasteiger partial charge < -0.3 is 4.74 Å². The topological polar surface area (TPSA) is 79.4 Å². The average molecular weight is 425 g/mol. The summed E-state index contributed by atoms with van der Waals surface area (Å²) in [6.45, 7) is 0. The Labute approximate surface area is 165 Å². The second kappa shape index (κ2) is 8.95. The van der Waals surface area contributed by atoms with Crippen molar-refractivity contribution in [1.82, 2.24) is 15.6 Å². The van der Waals surface area contributed by atoms with Crippen LogP contribution in [-0.4, -0.2) is 29.4 Å². The van der Waals surface area contributed by atoms with Gasteiger partial charge in [-0.15, -0.1) is 0 Å². The van der Waals surface area contributed by atoms with Gasteiger partial charge in [-0.2, -0.15) is 10.2 Å². The molecule has 3 aromatic rings. The zero-order valence-electron chi connectivity index (χ0n) is 14.5. The van der Waals surface area contributed by atoms with Gasteiger partial charge in [-0.05, 0) is 36.4 Å². The molecule has 0 aliphatic carbocycles. The molecule has 0 spiro atoms. The number of halogens is 1. The summed E-state index contributed by atoms with van der Waals surface area (Å²) in [5.41, 5.74) is 5.31. The predicted molar refractivity (Wildman–Crippen MR) is 110 cm³/mol. The molecular weight excluding hydrogens is 408 g/mol. The maximum Gasteiger partial charge on any atom is 0.289 e. The van der Waals surface area contributed by atoms with E-state index in [1.165, 1.54) is 6.21 Å². The lowest BCUT2D eigenvalue weighted by molar-refractivity contribution is 0.0950. The molecule has 1 aromatic heterocycles. The maximum absolute atomic E-state index is 12.1. The highest BCUT2D eigenvalue weighted by Crippen LogP contribution is 2.20. The molecule has 0 saturated heterocycles. The molecule has 6 nitrogen and oxygen atoms in total. The van der Waals surface area contributed by atoms with Crippen LogP contribution in [0.1, 0.15) is 16.1 Å². The van der Waals surface area contributed by atoms with Crippen molar-refractivity contribution in [1.29, 1.82) is 0 Å². The van der Waals surface area contributed by atoms with E-state index in [1.54, 1.807) is 19.3 Å². The minimum absolute atomic E-state index is 0.332. The van der Waals surface area contributed by atoms with Crippen LogP contribution in [0.25, 0.3) is 17.3 Å². The van der Waals surface area contributed by atoms with Crippen LogP contribution in [0.15, 0.2) is 70.2 Å². The smallest absolute Gasteiger partial charge is 0.289 e. The van der Waals surface area contributed by atoms with Gasteiger partial charge in [0.25, 0.3) is 5.91 Å². The predicted octanol–water partition coefficient (Wildman–Crippen LogP) is 4.28. The monoisotopic (exact) mass is 424 g/mol. The largest absolute Gasteiger partial charge is 0.496 e. The maximum atomic E-state index is 12.1. The van der Waals surface area contributed by atoms with Crippen molar-refractivity contribution >= 4 is 34.1 Å². The van der Waals surface area contributed by atoms with Gasteiger partial charge in [-0.25, -0.2) is 5.43 Å². The highest BCUT2D eigenvalue weighted by Gasteiger charge is 2.10. The Morgan fingerprint density at radius 2 is 2.00 bits per heavy atom. The quantitative estimate of drug-likeness (QED) is 0.457. The van der Waals surface area contributed by atoms with Gasteiger partial charge in [-0.1, -0.05) is 46.3 Å². The van der Waals surface area contributed by atoms with E-state index < -0.39 is 0 Å². The fraction of sp³-hybridized carbons (Fsp3) is 0.0500. The SMILES string of the molecule is COc1ccccc1/C=C/C=N\NC(=O)c1cc(-c2ccc(Br)cc2)n[nH]1. The molecule has 3 rings (SSSR count). The van der Waals surface area contributed by atoms with Crippen LogP contribution in [0.2, 0.25) is 0 Å². The van der Waals surface area contributed by atoms with Crippen LogP contribution in [0, 0.1) is 0 Å². The Morgan fingerprint density at radius 1 is 1.22 bits per heavy atom. The number of hydrogen-bond acceptors (Lipinski definition) is 4. The number of H-pyrrole nitrogens is 1. The van der Waals surface area contributed by atoms with Gasteiger partial charge in [0.05, 0.1) is 12.8 Å². The second-order valence-corrected chi connectivity index (χ2v) is 6.41. The van der Waals surface area contributed by atoms with Gasteiger partial charge in [0.2, 0.25) is 0 Å². The molecule has 1 heterocycles. The summed E-state index contributed by atoms with van der Waals surface area (Å²) >= 11 is 3.39. The Morgan fingerprint density at radius 3 is 2.78 bits per heavy atom. The fourth-order valence-corrected chi connectivity index (χ4v) is 2.62. The van der Waals surface area contributed by atoms with Crippen molar-refractivity contribution in [3.63, 3.8) is 0 Å². The van der Waals surface area contributed by atoms with E-state index in [2.05, 4.69) is 36.7 Å². The average Bonchev–Trinajstić information content (AvgIpc) is 3.19. The number of hydrogen-bond donors (Lipinski definition) is 2. The highest BCUT2D eigenvalue weighted by molar-refractivity contribution is 9.10. The molecule has 1 amide bonds. The molecule has 27 heavy (non-hydrogen) atoms. The molecule has 0 fully saturated rings. The van der Waals surface area contributed by atoms with E-state index >= 15 is 0 Å². The zero-order chi connectivity index (χ0) is 19.1. The number of para-hydroxylation sites is 1. The van der Waals surface area contributed by atoms with Crippen molar-refractivity contribution in [2.75, 3.05) is 7.11 Å². The van der Waals surface area contributed by atoms with Crippen molar-refractivity contribution in [3.8, 4) is 17.0 Å². The van der Waals surface area contributed by atoms with E-state index in [4.69, 9.17) is 4.74 Å². The molecule has 136 valence electrons. The summed E-state index contributed by atoms with van der Waals surface area (Å²) in [7, 11) is 1.62. The van der Waals surface area contributed by atoms with Crippen LogP contribution in [0.4, 0.5) is 0 Å². The third-order valence-corrected chi connectivity index (χ3v) is 4.23. The zero-order valence-corrected chi connectivity index (χ0v) is 16.1. The third kappa shape index (κ3) is 4.92. The minimum atomic E-state index is -0.368. The first-order valence-electron chi connectivity index (χ1n) is 8.12. The molecule has 0 radical (unpaired) electrons. The number of benzene rings is 2. The Balaban J connectivity index is 1.58. The summed E-state index contributed by atoms with van der Waals surface area (Å²) < 4.78 is 6.25. The molecule has 0 unspecified atom stereocenters. The van der Waals surface area contributed by atoms with Crippen LogP contribution < -0.4 is 10.2 Å². The molecule has 0 aliphatic rings. The van der Waals surface area contributed by atoms with Crippen LogP contribution in [0.5, 0.6) is 5.75 Å². The van der Waals surface area contributed by atoms with Crippen molar-refractivity contribution in [2.24, 2.45) is 5.10 Å². The molecule has 2 N–H and O–H groups in total. The molecule has 7 heteroatoms. The number of aromatic amines is 1. The molecule has 2 aromatic carbocycles. The van der Waals surface area contributed by atoms with E-state index in [-0.39, 0.29) is 5.91 Å². The van der Waals surface area contributed by atoms with Gasteiger partial charge in [0.1, 0.15) is 11.4 Å². The number of carbonyl (C=O) groups excluding carboxylic acids is 1. The van der Waals surface area contributed by atoms with E-state index in [0.717, 1.165) is 21.3 Å². The van der Waals surface area contributed by atoms with Gasteiger partial charge >= 0.3 is 0 Å². The van der Waals surface area contributed by atoms with E-state index in [9.17, 15) is 4.79 Å². The Hall–Kier alpha value is -3.19. The van der Waals surface area contributed by atoms with Crippen molar-refractivity contribution < 1.29 is 9.53 Å². The standard InChI is InChI=1S/C20H17BrN4O2/c1-27-19-7-3-2-5-15(19)6-4-12-22-25-20(26)18-13-17(23-24-18)14-8-10-16(21)11-9-14/h2-13H,1H3,(H,23,24)(H,25,26)/b6-4+,22-12-. The number of methoxy groups -OCH3 is 1. The number of ether oxygens (including phenoxy) is 1. The first-order valence-corrected chi connectivity index (χ1v) is 8.91.